The second kappa shape index (κ2) is 6.61. The molecule has 1 aliphatic rings. The van der Waals surface area contributed by atoms with Crippen molar-refractivity contribution in [2.75, 3.05) is 13.2 Å². The number of aryl methyl sites for hydroxylation is 1. The van der Waals surface area contributed by atoms with Crippen LogP contribution in [0.15, 0.2) is 23.1 Å². The molecule has 4 nitrogen and oxygen atoms in total. The Hall–Kier alpha value is -1.35. The van der Waals surface area contributed by atoms with Crippen LogP contribution >= 0.6 is 0 Å². The lowest BCUT2D eigenvalue weighted by atomic mass is 10.1. The molecule has 1 aromatic rings. The fourth-order valence-electron chi connectivity index (χ4n) is 2.74. The van der Waals surface area contributed by atoms with Crippen molar-refractivity contribution in [3.63, 3.8) is 0 Å². The molecular weight excluding hydrogens is 286 g/mol. The lowest BCUT2D eigenvalue weighted by Gasteiger charge is -2.23. The van der Waals surface area contributed by atoms with Crippen molar-refractivity contribution < 1.29 is 13.5 Å². The lowest BCUT2D eigenvalue weighted by Crippen LogP contribution is -2.35. The molecule has 114 valence electrons. The van der Waals surface area contributed by atoms with Gasteiger partial charge in [0.2, 0.25) is 10.0 Å². The van der Waals surface area contributed by atoms with Crippen LogP contribution < -0.4 is 0 Å². The third kappa shape index (κ3) is 3.29. The summed E-state index contributed by atoms with van der Waals surface area (Å²) in [6.45, 7) is 4.26. The number of hydrogen-bond acceptors (Lipinski definition) is 3. The van der Waals surface area contributed by atoms with Crippen molar-refractivity contribution in [1.82, 2.24) is 4.31 Å². The van der Waals surface area contributed by atoms with Gasteiger partial charge in [-0.1, -0.05) is 18.8 Å². The van der Waals surface area contributed by atoms with E-state index in [0.29, 0.717) is 11.4 Å². The molecule has 0 amide bonds. The van der Waals surface area contributed by atoms with Crippen molar-refractivity contribution in [2.24, 2.45) is 0 Å². The van der Waals surface area contributed by atoms with Crippen molar-refractivity contribution in [2.45, 2.75) is 44.0 Å². The molecule has 1 fully saturated rings. The van der Waals surface area contributed by atoms with Crippen LogP contribution in [0.25, 0.3) is 0 Å². The van der Waals surface area contributed by atoms with Gasteiger partial charge in [0.1, 0.15) is 6.61 Å². The first-order valence-corrected chi connectivity index (χ1v) is 8.67. The number of aliphatic hydroxyl groups excluding tert-OH is 1. The molecule has 0 saturated carbocycles. The van der Waals surface area contributed by atoms with Gasteiger partial charge in [0.15, 0.2) is 0 Å². The Morgan fingerprint density at radius 1 is 1.43 bits per heavy atom. The first-order chi connectivity index (χ1) is 10.0. The minimum absolute atomic E-state index is 0.115. The summed E-state index contributed by atoms with van der Waals surface area (Å²) in [5.41, 5.74) is 1.56. The van der Waals surface area contributed by atoms with Crippen LogP contribution in [0, 0.1) is 18.8 Å². The predicted octanol–water partition coefficient (Wildman–Crippen LogP) is 1.90. The van der Waals surface area contributed by atoms with E-state index in [0.717, 1.165) is 30.4 Å². The molecule has 1 atom stereocenters. The number of benzene rings is 1. The molecule has 0 aliphatic carbocycles. The molecule has 0 aromatic heterocycles. The van der Waals surface area contributed by atoms with Gasteiger partial charge in [0, 0.05) is 18.2 Å². The molecule has 0 bridgehead atoms. The molecule has 0 spiro atoms. The van der Waals surface area contributed by atoms with Gasteiger partial charge in [-0.3, -0.25) is 0 Å². The Balaban J connectivity index is 2.35. The van der Waals surface area contributed by atoms with Gasteiger partial charge in [-0.25, -0.2) is 8.42 Å². The topological polar surface area (TPSA) is 57.6 Å². The average molecular weight is 307 g/mol. The molecule has 1 aliphatic heterocycles. The van der Waals surface area contributed by atoms with E-state index in [4.69, 9.17) is 5.11 Å². The third-order valence-corrected chi connectivity index (χ3v) is 5.85. The van der Waals surface area contributed by atoms with E-state index in [2.05, 4.69) is 11.8 Å². The number of aliphatic hydroxyl groups is 1. The lowest BCUT2D eigenvalue weighted by molar-refractivity contribution is 0.350. The molecule has 5 heteroatoms. The zero-order chi connectivity index (χ0) is 15.5. The standard InChI is InChI=1S/C16H21NO3S/c1-3-15-7-4-10-17(15)21(19,20)16-9-8-14(6-5-11-18)13(2)12-16/h8-9,12,15,18H,3-4,7,10-11H2,1-2H3. The van der Waals surface area contributed by atoms with Crippen LogP contribution in [0.5, 0.6) is 0 Å². The van der Waals surface area contributed by atoms with E-state index in [9.17, 15) is 8.42 Å². The van der Waals surface area contributed by atoms with Crippen molar-refractivity contribution in [3.8, 4) is 11.8 Å². The van der Waals surface area contributed by atoms with E-state index in [1.54, 1.807) is 22.5 Å². The summed E-state index contributed by atoms with van der Waals surface area (Å²) in [4.78, 5) is 0.329. The Morgan fingerprint density at radius 2 is 2.19 bits per heavy atom. The van der Waals surface area contributed by atoms with Crippen LogP contribution in [-0.2, 0) is 10.0 Å². The Labute approximate surface area is 126 Å². The van der Waals surface area contributed by atoms with E-state index in [-0.39, 0.29) is 12.6 Å². The molecule has 1 unspecified atom stereocenters. The van der Waals surface area contributed by atoms with Crippen LogP contribution in [0.2, 0.25) is 0 Å². The highest BCUT2D eigenvalue weighted by Gasteiger charge is 2.34. The van der Waals surface area contributed by atoms with E-state index >= 15 is 0 Å². The van der Waals surface area contributed by atoms with Crippen LogP contribution in [0.4, 0.5) is 0 Å². The van der Waals surface area contributed by atoms with E-state index < -0.39 is 10.0 Å². The van der Waals surface area contributed by atoms with Gasteiger partial charge >= 0.3 is 0 Å². The highest BCUT2D eigenvalue weighted by atomic mass is 32.2. The zero-order valence-electron chi connectivity index (χ0n) is 12.5. The summed E-state index contributed by atoms with van der Waals surface area (Å²) < 4.78 is 27.1. The van der Waals surface area contributed by atoms with Crippen molar-refractivity contribution >= 4 is 10.0 Å². The Morgan fingerprint density at radius 3 is 2.81 bits per heavy atom. The maximum Gasteiger partial charge on any atom is 0.243 e. The van der Waals surface area contributed by atoms with Gasteiger partial charge in [0.25, 0.3) is 0 Å². The monoisotopic (exact) mass is 307 g/mol. The molecular formula is C16H21NO3S. The minimum atomic E-state index is -3.42. The molecule has 1 saturated heterocycles. The van der Waals surface area contributed by atoms with E-state index in [1.807, 2.05) is 13.8 Å². The number of nitrogens with zero attached hydrogens (tertiary/aromatic N) is 1. The summed E-state index contributed by atoms with van der Waals surface area (Å²) in [6.07, 6.45) is 2.71. The van der Waals surface area contributed by atoms with Crippen molar-refractivity contribution in [3.05, 3.63) is 29.3 Å². The summed E-state index contributed by atoms with van der Waals surface area (Å²) in [6, 6.07) is 5.10. The molecule has 2 rings (SSSR count). The van der Waals surface area contributed by atoms with Crippen LogP contribution in [-0.4, -0.2) is 37.0 Å². The van der Waals surface area contributed by atoms with Gasteiger partial charge < -0.3 is 5.11 Å². The predicted molar refractivity (Wildman–Crippen MR) is 82.3 cm³/mol. The highest BCUT2D eigenvalue weighted by molar-refractivity contribution is 7.89. The van der Waals surface area contributed by atoms with Gasteiger partial charge in [-0.2, -0.15) is 4.31 Å². The second-order valence-electron chi connectivity index (χ2n) is 5.26. The summed E-state index contributed by atoms with van der Waals surface area (Å²) in [5.74, 6) is 5.40. The van der Waals surface area contributed by atoms with Gasteiger partial charge in [-0.15, -0.1) is 0 Å². The second-order valence-corrected chi connectivity index (χ2v) is 7.15. The SMILES string of the molecule is CCC1CCCN1S(=O)(=O)c1ccc(C#CCO)c(C)c1. The highest BCUT2D eigenvalue weighted by Crippen LogP contribution is 2.28. The number of sulfonamides is 1. The maximum atomic E-state index is 12.7. The smallest absolute Gasteiger partial charge is 0.243 e. The largest absolute Gasteiger partial charge is 0.384 e. The first-order valence-electron chi connectivity index (χ1n) is 7.23. The van der Waals surface area contributed by atoms with E-state index in [1.165, 1.54) is 0 Å². The number of hydrogen-bond donors (Lipinski definition) is 1. The molecule has 1 N–H and O–H groups in total. The summed E-state index contributed by atoms with van der Waals surface area (Å²) >= 11 is 0. The Bertz CT molecular complexity index is 670. The summed E-state index contributed by atoms with van der Waals surface area (Å²) in [5, 5.41) is 8.73. The van der Waals surface area contributed by atoms with Crippen LogP contribution in [0.3, 0.4) is 0 Å². The van der Waals surface area contributed by atoms with Crippen LogP contribution in [0.1, 0.15) is 37.3 Å². The normalized spacial score (nSPS) is 19.3. The Kier molecular flexibility index (Phi) is 5.04. The molecule has 0 radical (unpaired) electrons. The van der Waals surface area contributed by atoms with Crippen molar-refractivity contribution in [1.29, 1.82) is 0 Å². The molecule has 1 aromatic carbocycles. The quantitative estimate of drug-likeness (QED) is 0.868. The average Bonchev–Trinajstić information content (AvgIpc) is 2.95. The maximum absolute atomic E-state index is 12.7. The van der Waals surface area contributed by atoms with Gasteiger partial charge in [-0.05, 0) is 49.9 Å². The minimum Gasteiger partial charge on any atom is -0.384 e. The fourth-order valence-corrected chi connectivity index (χ4v) is 4.59. The molecule has 21 heavy (non-hydrogen) atoms. The first kappa shape index (κ1) is 16.0. The number of rotatable bonds is 3. The fraction of sp³-hybridized carbons (Fsp3) is 0.500. The zero-order valence-corrected chi connectivity index (χ0v) is 13.3. The van der Waals surface area contributed by atoms with Gasteiger partial charge in [0.05, 0.1) is 4.90 Å². The third-order valence-electron chi connectivity index (χ3n) is 3.90. The summed E-state index contributed by atoms with van der Waals surface area (Å²) in [7, 11) is -3.42. The molecule has 1 heterocycles.